The Kier molecular flexibility index (Phi) is 7.32. The second kappa shape index (κ2) is 9.06. The number of carbonyl (C=O) groups is 1. The molecule has 2 heterocycles. The van der Waals surface area contributed by atoms with Crippen LogP contribution in [0.3, 0.4) is 0 Å². The summed E-state index contributed by atoms with van der Waals surface area (Å²) in [6.45, 7) is 6.12. The van der Waals surface area contributed by atoms with Crippen molar-refractivity contribution in [2.24, 2.45) is 5.92 Å². The van der Waals surface area contributed by atoms with Crippen molar-refractivity contribution in [1.29, 1.82) is 0 Å². The van der Waals surface area contributed by atoms with Crippen LogP contribution in [0.2, 0.25) is 0 Å². The van der Waals surface area contributed by atoms with Crippen LogP contribution in [-0.2, 0) is 10.0 Å². The van der Waals surface area contributed by atoms with E-state index in [-0.39, 0.29) is 24.1 Å². The zero-order valence-corrected chi connectivity index (χ0v) is 16.8. The van der Waals surface area contributed by atoms with Crippen LogP contribution in [0.15, 0.2) is 24.3 Å². The average Bonchev–Trinajstić information content (AvgIpc) is 2.99. The molecule has 1 amide bonds. The third-order valence-electron chi connectivity index (χ3n) is 5.07. The first kappa shape index (κ1) is 21.0. The van der Waals surface area contributed by atoms with Gasteiger partial charge in [0.2, 0.25) is 10.0 Å². The molecule has 0 aromatic heterocycles. The molecule has 0 unspecified atom stereocenters. The lowest BCUT2D eigenvalue weighted by Gasteiger charge is -2.32. The lowest BCUT2D eigenvalue weighted by Crippen LogP contribution is -2.40. The number of rotatable bonds is 5. The van der Waals surface area contributed by atoms with E-state index in [2.05, 4.69) is 12.2 Å². The summed E-state index contributed by atoms with van der Waals surface area (Å²) in [4.78, 5) is 14.7. The third-order valence-corrected chi connectivity index (χ3v) is 6.93. The standard InChI is InChI=1S/C18H27N3O3S.ClH/c1-2-19-14-15-7-10-20(11-8-15)18(22)16-5-3-6-17(13-16)21-9-4-12-25(21,23)24;/h3,5-6,13,15,19H,2,4,7-12,14H2,1H3;1H. The number of carbonyl (C=O) groups excluding carboxylic acids is 1. The number of piperidine rings is 1. The Balaban J connectivity index is 0.00000243. The highest BCUT2D eigenvalue weighted by atomic mass is 35.5. The first-order valence-electron chi connectivity index (χ1n) is 9.11. The third kappa shape index (κ3) is 4.69. The molecule has 8 heteroatoms. The second-order valence-electron chi connectivity index (χ2n) is 6.84. The smallest absolute Gasteiger partial charge is 0.253 e. The fraction of sp³-hybridized carbons (Fsp3) is 0.611. The maximum atomic E-state index is 12.8. The van der Waals surface area contributed by atoms with Crippen molar-refractivity contribution in [3.05, 3.63) is 29.8 Å². The molecule has 1 aromatic rings. The zero-order chi connectivity index (χ0) is 17.9. The Hall–Kier alpha value is -1.31. The molecular formula is C18H28ClN3O3S. The summed E-state index contributed by atoms with van der Waals surface area (Å²) in [6.07, 6.45) is 2.66. The highest BCUT2D eigenvalue weighted by molar-refractivity contribution is 7.93. The Morgan fingerprint density at radius 1 is 1.23 bits per heavy atom. The first-order chi connectivity index (χ1) is 12.0. The number of anilines is 1. The Morgan fingerprint density at radius 3 is 2.58 bits per heavy atom. The lowest BCUT2D eigenvalue weighted by atomic mass is 9.96. The van der Waals surface area contributed by atoms with E-state index in [4.69, 9.17) is 0 Å². The SMILES string of the molecule is CCNCC1CCN(C(=O)c2cccc(N3CCCS3(=O)=O)c2)CC1.Cl. The molecule has 2 aliphatic rings. The highest BCUT2D eigenvalue weighted by Gasteiger charge is 2.29. The van der Waals surface area contributed by atoms with Gasteiger partial charge < -0.3 is 10.2 Å². The minimum atomic E-state index is -3.22. The van der Waals surface area contributed by atoms with E-state index in [0.717, 1.165) is 39.0 Å². The normalized spacial score (nSPS) is 20.0. The van der Waals surface area contributed by atoms with Gasteiger partial charge in [-0.3, -0.25) is 9.10 Å². The molecular weight excluding hydrogens is 374 g/mol. The van der Waals surface area contributed by atoms with E-state index in [1.54, 1.807) is 24.3 Å². The van der Waals surface area contributed by atoms with Crippen molar-refractivity contribution in [3.8, 4) is 0 Å². The van der Waals surface area contributed by atoms with Gasteiger partial charge in [0, 0.05) is 25.2 Å². The van der Waals surface area contributed by atoms with Gasteiger partial charge in [0.15, 0.2) is 0 Å². The van der Waals surface area contributed by atoms with Crippen molar-refractivity contribution in [2.45, 2.75) is 26.2 Å². The van der Waals surface area contributed by atoms with Crippen LogP contribution in [0.4, 0.5) is 5.69 Å². The van der Waals surface area contributed by atoms with Gasteiger partial charge in [0.05, 0.1) is 11.4 Å². The minimum absolute atomic E-state index is 0. The summed E-state index contributed by atoms with van der Waals surface area (Å²) in [5, 5.41) is 3.37. The number of halogens is 1. The van der Waals surface area contributed by atoms with Gasteiger partial charge in [0.1, 0.15) is 0 Å². The zero-order valence-electron chi connectivity index (χ0n) is 15.2. The molecule has 0 radical (unpaired) electrons. The summed E-state index contributed by atoms with van der Waals surface area (Å²) in [6, 6.07) is 7.03. The van der Waals surface area contributed by atoms with Gasteiger partial charge in [-0.15, -0.1) is 12.4 Å². The summed E-state index contributed by atoms with van der Waals surface area (Å²) < 4.78 is 25.6. The summed E-state index contributed by atoms with van der Waals surface area (Å²) in [5.41, 5.74) is 1.18. The number of hydrogen-bond donors (Lipinski definition) is 1. The molecule has 0 saturated carbocycles. The minimum Gasteiger partial charge on any atom is -0.339 e. The van der Waals surface area contributed by atoms with Gasteiger partial charge in [-0.05, 0) is 56.5 Å². The van der Waals surface area contributed by atoms with Gasteiger partial charge in [0.25, 0.3) is 5.91 Å². The Labute approximate surface area is 162 Å². The van der Waals surface area contributed by atoms with Crippen molar-refractivity contribution in [1.82, 2.24) is 10.2 Å². The summed E-state index contributed by atoms with van der Waals surface area (Å²) in [7, 11) is -3.22. The van der Waals surface area contributed by atoms with Crippen LogP contribution in [0.5, 0.6) is 0 Å². The summed E-state index contributed by atoms with van der Waals surface area (Å²) >= 11 is 0. The molecule has 146 valence electrons. The van der Waals surface area contributed by atoms with Crippen LogP contribution in [0.1, 0.15) is 36.5 Å². The molecule has 3 rings (SSSR count). The van der Waals surface area contributed by atoms with Crippen molar-refractivity contribution >= 4 is 34.0 Å². The molecule has 2 fully saturated rings. The molecule has 0 aliphatic carbocycles. The maximum Gasteiger partial charge on any atom is 0.253 e. The molecule has 2 saturated heterocycles. The van der Waals surface area contributed by atoms with Crippen LogP contribution < -0.4 is 9.62 Å². The molecule has 2 aliphatic heterocycles. The van der Waals surface area contributed by atoms with E-state index in [1.807, 2.05) is 4.90 Å². The number of nitrogens with one attached hydrogen (secondary N) is 1. The van der Waals surface area contributed by atoms with Crippen molar-refractivity contribution < 1.29 is 13.2 Å². The quantitative estimate of drug-likeness (QED) is 0.820. The molecule has 6 nitrogen and oxygen atoms in total. The monoisotopic (exact) mass is 401 g/mol. The fourth-order valence-corrected chi connectivity index (χ4v) is 5.15. The number of amides is 1. The number of nitrogens with zero attached hydrogens (tertiary/aromatic N) is 2. The molecule has 0 atom stereocenters. The van der Waals surface area contributed by atoms with E-state index in [0.29, 0.717) is 30.1 Å². The largest absolute Gasteiger partial charge is 0.339 e. The Bertz CT molecular complexity index is 718. The van der Waals surface area contributed by atoms with Crippen LogP contribution in [0.25, 0.3) is 0 Å². The molecule has 0 spiro atoms. The van der Waals surface area contributed by atoms with E-state index < -0.39 is 10.0 Å². The number of likely N-dealkylation sites (tertiary alicyclic amines) is 1. The Morgan fingerprint density at radius 2 is 1.96 bits per heavy atom. The van der Waals surface area contributed by atoms with Crippen LogP contribution >= 0.6 is 12.4 Å². The van der Waals surface area contributed by atoms with Gasteiger partial charge in [-0.1, -0.05) is 13.0 Å². The maximum absolute atomic E-state index is 12.8. The van der Waals surface area contributed by atoms with E-state index >= 15 is 0 Å². The average molecular weight is 402 g/mol. The number of hydrogen-bond acceptors (Lipinski definition) is 4. The van der Waals surface area contributed by atoms with Gasteiger partial charge >= 0.3 is 0 Å². The van der Waals surface area contributed by atoms with Crippen LogP contribution in [-0.4, -0.2) is 57.7 Å². The fourth-order valence-electron chi connectivity index (χ4n) is 3.59. The predicted octanol–water partition coefficient (Wildman–Crippen LogP) is 2.11. The lowest BCUT2D eigenvalue weighted by molar-refractivity contribution is 0.0690. The first-order valence-corrected chi connectivity index (χ1v) is 10.7. The van der Waals surface area contributed by atoms with E-state index in [9.17, 15) is 13.2 Å². The van der Waals surface area contributed by atoms with Gasteiger partial charge in [-0.2, -0.15) is 0 Å². The van der Waals surface area contributed by atoms with Crippen molar-refractivity contribution in [2.75, 3.05) is 42.8 Å². The van der Waals surface area contributed by atoms with E-state index in [1.165, 1.54) is 4.31 Å². The van der Waals surface area contributed by atoms with Crippen molar-refractivity contribution in [3.63, 3.8) is 0 Å². The number of benzene rings is 1. The molecule has 1 aromatic carbocycles. The highest BCUT2D eigenvalue weighted by Crippen LogP contribution is 2.26. The molecule has 1 N–H and O–H groups in total. The molecule has 26 heavy (non-hydrogen) atoms. The van der Waals surface area contributed by atoms with Crippen LogP contribution in [0, 0.1) is 5.92 Å². The second-order valence-corrected chi connectivity index (χ2v) is 8.85. The topological polar surface area (TPSA) is 69.7 Å². The van der Waals surface area contributed by atoms with Gasteiger partial charge in [-0.25, -0.2) is 8.42 Å². The summed E-state index contributed by atoms with van der Waals surface area (Å²) in [5.74, 6) is 0.815. The molecule has 0 bridgehead atoms. The predicted molar refractivity (Wildman–Crippen MR) is 107 cm³/mol. The number of sulfonamides is 1.